The summed E-state index contributed by atoms with van der Waals surface area (Å²) in [6.45, 7) is 1.86. The van der Waals surface area contributed by atoms with E-state index in [2.05, 4.69) is 5.32 Å². The first kappa shape index (κ1) is 15.9. The number of halogens is 4. The van der Waals surface area contributed by atoms with Gasteiger partial charge in [-0.15, -0.1) is 0 Å². The molecule has 0 aliphatic rings. The van der Waals surface area contributed by atoms with Gasteiger partial charge < -0.3 is 5.32 Å². The Morgan fingerprint density at radius 3 is 2.52 bits per heavy atom. The first-order valence-corrected chi connectivity index (χ1v) is 7.17. The van der Waals surface area contributed by atoms with Crippen molar-refractivity contribution in [2.75, 3.05) is 5.32 Å². The van der Waals surface area contributed by atoms with Crippen molar-refractivity contribution in [3.8, 4) is 6.07 Å². The van der Waals surface area contributed by atoms with Crippen LogP contribution in [0.5, 0.6) is 0 Å². The summed E-state index contributed by atoms with van der Waals surface area (Å²) in [4.78, 5) is 0. The standard InChI is InChI=1S/C15H10Cl3FN2/c1-8(11-3-4-12(16)15(18)14(11)17)21-13-5-2-10(19)6-9(13)7-20/h2-6,8,21H,1H3. The monoisotopic (exact) mass is 342 g/mol. The number of nitrogens with one attached hydrogen (secondary N) is 1. The molecule has 0 amide bonds. The average molecular weight is 344 g/mol. The van der Waals surface area contributed by atoms with Crippen molar-refractivity contribution in [3.63, 3.8) is 0 Å². The van der Waals surface area contributed by atoms with Crippen LogP contribution in [0.2, 0.25) is 15.1 Å². The highest BCUT2D eigenvalue weighted by Crippen LogP contribution is 2.36. The van der Waals surface area contributed by atoms with Crippen molar-refractivity contribution >= 4 is 40.5 Å². The predicted octanol–water partition coefficient (Wildman–Crippen LogP) is 5.83. The van der Waals surface area contributed by atoms with Crippen molar-refractivity contribution in [2.24, 2.45) is 0 Å². The van der Waals surface area contributed by atoms with Gasteiger partial charge in [-0.25, -0.2) is 4.39 Å². The molecule has 0 radical (unpaired) electrons. The Hall–Kier alpha value is -1.47. The molecule has 0 aliphatic carbocycles. The Morgan fingerprint density at radius 1 is 1.14 bits per heavy atom. The van der Waals surface area contributed by atoms with E-state index in [9.17, 15) is 4.39 Å². The number of nitriles is 1. The molecule has 0 spiro atoms. The molecule has 2 nitrogen and oxygen atoms in total. The lowest BCUT2D eigenvalue weighted by atomic mass is 10.1. The third kappa shape index (κ3) is 3.41. The van der Waals surface area contributed by atoms with E-state index in [0.717, 1.165) is 5.56 Å². The third-order valence-electron chi connectivity index (χ3n) is 3.01. The average Bonchev–Trinajstić information content (AvgIpc) is 2.46. The summed E-state index contributed by atoms with van der Waals surface area (Å²) in [7, 11) is 0. The van der Waals surface area contributed by atoms with E-state index in [1.807, 2.05) is 13.0 Å². The number of anilines is 1. The van der Waals surface area contributed by atoms with Crippen LogP contribution in [-0.4, -0.2) is 0 Å². The second kappa shape index (κ2) is 6.53. The number of benzene rings is 2. The van der Waals surface area contributed by atoms with E-state index in [-0.39, 0.29) is 16.6 Å². The van der Waals surface area contributed by atoms with E-state index in [1.54, 1.807) is 12.1 Å². The molecule has 1 atom stereocenters. The van der Waals surface area contributed by atoms with Gasteiger partial charge in [0.25, 0.3) is 0 Å². The van der Waals surface area contributed by atoms with E-state index >= 15 is 0 Å². The molecule has 0 heterocycles. The maximum Gasteiger partial charge on any atom is 0.124 e. The van der Waals surface area contributed by atoms with Crippen LogP contribution in [0, 0.1) is 17.1 Å². The summed E-state index contributed by atoms with van der Waals surface area (Å²) in [5.41, 5.74) is 1.48. The topological polar surface area (TPSA) is 35.8 Å². The SMILES string of the molecule is CC(Nc1ccc(F)cc1C#N)c1ccc(Cl)c(Cl)c1Cl. The lowest BCUT2D eigenvalue weighted by Crippen LogP contribution is -2.08. The number of hydrogen-bond donors (Lipinski definition) is 1. The molecule has 1 unspecified atom stereocenters. The zero-order valence-electron chi connectivity index (χ0n) is 10.9. The van der Waals surface area contributed by atoms with Gasteiger partial charge in [-0.05, 0) is 36.8 Å². The molecule has 0 saturated carbocycles. The molecule has 21 heavy (non-hydrogen) atoms. The first-order chi connectivity index (χ1) is 9.93. The second-order valence-corrected chi connectivity index (χ2v) is 5.60. The van der Waals surface area contributed by atoms with Gasteiger partial charge in [0.1, 0.15) is 11.9 Å². The normalized spacial score (nSPS) is 11.8. The fourth-order valence-electron chi connectivity index (χ4n) is 1.92. The molecule has 108 valence electrons. The van der Waals surface area contributed by atoms with Crippen LogP contribution in [0.4, 0.5) is 10.1 Å². The van der Waals surface area contributed by atoms with Crippen LogP contribution in [0.1, 0.15) is 24.1 Å². The van der Waals surface area contributed by atoms with Gasteiger partial charge >= 0.3 is 0 Å². The second-order valence-electron chi connectivity index (χ2n) is 4.43. The quantitative estimate of drug-likeness (QED) is 0.712. The molecule has 0 aliphatic heterocycles. The van der Waals surface area contributed by atoms with Crippen LogP contribution in [0.15, 0.2) is 30.3 Å². The van der Waals surface area contributed by atoms with Gasteiger partial charge in [0.05, 0.1) is 32.4 Å². The minimum absolute atomic E-state index is 0.220. The number of hydrogen-bond acceptors (Lipinski definition) is 2. The summed E-state index contributed by atoms with van der Waals surface area (Å²) < 4.78 is 13.1. The zero-order chi connectivity index (χ0) is 15.6. The zero-order valence-corrected chi connectivity index (χ0v) is 13.2. The van der Waals surface area contributed by atoms with E-state index in [0.29, 0.717) is 15.7 Å². The molecule has 2 aromatic rings. The minimum atomic E-state index is -0.461. The van der Waals surface area contributed by atoms with Gasteiger partial charge in [0.2, 0.25) is 0 Å². The maximum atomic E-state index is 13.1. The molecule has 0 bridgehead atoms. The summed E-state index contributed by atoms with van der Waals surface area (Å²) in [6, 6.07) is 9.09. The summed E-state index contributed by atoms with van der Waals surface area (Å²) in [5.74, 6) is -0.461. The van der Waals surface area contributed by atoms with Crippen LogP contribution < -0.4 is 5.32 Å². The lowest BCUT2D eigenvalue weighted by molar-refractivity contribution is 0.627. The number of rotatable bonds is 3. The molecular weight excluding hydrogens is 334 g/mol. The van der Waals surface area contributed by atoms with Gasteiger partial charge in [0, 0.05) is 0 Å². The summed E-state index contributed by atoms with van der Waals surface area (Å²) in [5, 5.41) is 13.2. The Bertz CT molecular complexity index is 726. The van der Waals surface area contributed by atoms with Crippen molar-refractivity contribution in [3.05, 3.63) is 62.3 Å². The van der Waals surface area contributed by atoms with Gasteiger partial charge in [0.15, 0.2) is 0 Å². The Balaban J connectivity index is 2.33. The Morgan fingerprint density at radius 2 is 1.86 bits per heavy atom. The van der Waals surface area contributed by atoms with Crippen molar-refractivity contribution in [2.45, 2.75) is 13.0 Å². The molecular formula is C15H10Cl3FN2. The van der Waals surface area contributed by atoms with Crippen LogP contribution in [0.3, 0.4) is 0 Å². The fourth-order valence-corrected chi connectivity index (χ4v) is 2.63. The highest BCUT2D eigenvalue weighted by Gasteiger charge is 2.15. The van der Waals surface area contributed by atoms with E-state index in [4.69, 9.17) is 40.1 Å². The fraction of sp³-hybridized carbons (Fsp3) is 0.133. The predicted molar refractivity (Wildman–Crippen MR) is 84.6 cm³/mol. The highest BCUT2D eigenvalue weighted by molar-refractivity contribution is 6.48. The van der Waals surface area contributed by atoms with Gasteiger partial charge in [-0.2, -0.15) is 5.26 Å². The van der Waals surface area contributed by atoms with Crippen molar-refractivity contribution in [1.82, 2.24) is 0 Å². The molecule has 2 aromatic carbocycles. The van der Waals surface area contributed by atoms with E-state index < -0.39 is 5.82 Å². The first-order valence-electron chi connectivity index (χ1n) is 6.03. The highest BCUT2D eigenvalue weighted by atomic mass is 35.5. The smallest absolute Gasteiger partial charge is 0.124 e. The Labute approximate surface area is 137 Å². The minimum Gasteiger partial charge on any atom is -0.377 e. The maximum absolute atomic E-state index is 13.1. The van der Waals surface area contributed by atoms with Crippen molar-refractivity contribution in [1.29, 1.82) is 5.26 Å². The molecule has 6 heteroatoms. The summed E-state index contributed by atoms with van der Waals surface area (Å²) in [6.07, 6.45) is 0. The summed E-state index contributed by atoms with van der Waals surface area (Å²) >= 11 is 18.1. The van der Waals surface area contributed by atoms with Gasteiger partial charge in [-0.1, -0.05) is 40.9 Å². The van der Waals surface area contributed by atoms with Crippen LogP contribution in [-0.2, 0) is 0 Å². The van der Waals surface area contributed by atoms with Gasteiger partial charge in [-0.3, -0.25) is 0 Å². The van der Waals surface area contributed by atoms with E-state index in [1.165, 1.54) is 18.2 Å². The molecule has 0 fully saturated rings. The Kier molecular flexibility index (Phi) is 4.95. The lowest BCUT2D eigenvalue weighted by Gasteiger charge is -2.18. The van der Waals surface area contributed by atoms with Crippen LogP contribution >= 0.6 is 34.8 Å². The molecule has 0 aromatic heterocycles. The number of nitrogens with zero attached hydrogens (tertiary/aromatic N) is 1. The molecule has 2 rings (SSSR count). The molecule has 1 N–H and O–H groups in total. The molecule has 0 saturated heterocycles. The third-order valence-corrected chi connectivity index (χ3v) is 4.31. The van der Waals surface area contributed by atoms with Crippen molar-refractivity contribution < 1.29 is 4.39 Å². The largest absolute Gasteiger partial charge is 0.377 e. The van der Waals surface area contributed by atoms with Crippen LogP contribution in [0.25, 0.3) is 0 Å².